The molecule has 4 heterocycles. The van der Waals surface area contributed by atoms with Crippen molar-refractivity contribution in [1.82, 2.24) is 19.4 Å². The van der Waals surface area contributed by atoms with Crippen molar-refractivity contribution < 1.29 is 4.79 Å². The number of carbonyl (C=O) groups is 1. The number of carbonyl (C=O) groups excluding carboxylic acids is 1. The Morgan fingerprint density at radius 2 is 1.71 bits per heavy atom. The van der Waals surface area contributed by atoms with Crippen LogP contribution in [0.25, 0.3) is 28.0 Å². The minimum Gasteiger partial charge on any atom is -0.397 e. The first-order valence-corrected chi connectivity index (χ1v) is 15.7. The van der Waals surface area contributed by atoms with Gasteiger partial charge in [-0.25, -0.2) is 4.98 Å². The molecule has 1 saturated heterocycles. The molecular weight excluding hydrogens is 680 g/mol. The molecule has 2 N–H and O–H groups in total. The smallest absolute Gasteiger partial charge is 0.276 e. The van der Waals surface area contributed by atoms with E-state index in [1.165, 1.54) is 10.6 Å². The summed E-state index contributed by atoms with van der Waals surface area (Å²) in [6.07, 6.45) is 2.92. The van der Waals surface area contributed by atoms with Crippen molar-refractivity contribution in [2.75, 3.05) is 36.8 Å². The van der Waals surface area contributed by atoms with Crippen molar-refractivity contribution >= 4 is 86.3 Å². The average molecular weight is 706 g/mol. The van der Waals surface area contributed by atoms with Crippen LogP contribution in [0.4, 0.5) is 11.4 Å². The van der Waals surface area contributed by atoms with Gasteiger partial charge in [0.1, 0.15) is 17.3 Å². The third kappa shape index (κ3) is 5.49. The van der Waals surface area contributed by atoms with Crippen molar-refractivity contribution in [2.45, 2.75) is 26.7 Å². The summed E-state index contributed by atoms with van der Waals surface area (Å²) in [7, 11) is 0. The molecule has 232 valence electrons. The molecule has 0 atom stereocenters. The molecule has 0 bridgehead atoms. The van der Waals surface area contributed by atoms with Gasteiger partial charge in [-0.3, -0.25) is 19.1 Å². The summed E-state index contributed by atoms with van der Waals surface area (Å²) in [5.41, 5.74) is 8.27. The van der Waals surface area contributed by atoms with E-state index < -0.39 is 5.56 Å². The molecule has 1 aromatic carbocycles. The standard InChI is InChI=1S/C31H26Cl5N7O2/c1-5-19(44)41-8-10-42(11-9-41)29-16-12-18(32)27(20-21(33)22(34)23(35)24(36)25(20)38)40-30(16)43(31(45)17(29)13-37)28-15(4)6-7-39-26(28)14(2)3/h5-7,12,14H,1,8-11,38H2,2-4H3. The maximum Gasteiger partial charge on any atom is 0.276 e. The lowest BCUT2D eigenvalue weighted by Gasteiger charge is -2.36. The second kappa shape index (κ2) is 12.7. The van der Waals surface area contributed by atoms with Gasteiger partial charge in [0.05, 0.1) is 53.6 Å². The molecule has 1 amide bonds. The van der Waals surface area contributed by atoms with Crippen LogP contribution in [0, 0.1) is 18.3 Å². The zero-order valence-electron chi connectivity index (χ0n) is 24.4. The summed E-state index contributed by atoms with van der Waals surface area (Å²) >= 11 is 32.6. The number of aromatic nitrogens is 3. The SMILES string of the molecule is C=CC(=O)N1CCN(c2c(C#N)c(=O)n(-c3c(C)ccnc3C(C)C)c3nc(-c4c(N)c(Cl)c(Cl)c(Cl)c4Cl)c(Cl)cc23)CC1. The number of nitriles is 1. The fourth-order valence-corrected chi connectivity index (χ4v) is 6.73. The van der Waals surface area contributed by atoms with E-state index in [1.54, 1.807) is 23.2 Å². The Morgan fingerprint density at radius 1 is 1.07 bits per heavy atom. The molecule has 3 aromatic heterocycles. The number of hydrogen-bond acceptors (Lipinski definition) is 7. The molecule has 0 spiro atoms. The maximum atomic E-state index is 14.5. The molecule has 4 aromatic rings. The van der Waals surface area contributed by atoms with Crippen molar-refractivity contribution in [3.8, 4) is 23.0 Å². The molecule has 14 heteroatoms. The molecule has 45 heavy (non-hydrogen) atoms. The molecule has 1 fully saturated rings. The third-order valence-electron chi connectivity index (χ3n) is 7.74. The summed E-state index contributed by atoms with van der Waals surface area (Å²) in [5.74, 6) is -0.291. The van der Waals surface area contributed by atoms with Gasteiger partial charge in [0.15, 0.2) is 0 Å². The summed E-state index contributed by atoms with van der Waals surface area (Å²) in [6, 6.07) is 5.52. The largest absolute Gasteiger partial charge is 0.397 e. The number of hydrogen-bond donors (Lipinski definition) is 1. The van der Waals surface area contributed by atoms with Gasteiger partial charge in [-0.05, 0) is 36.6 Å². The number of nitrogen functional groups attached to an aromatic ring is 1. The van der Waals surface area contributed by atoms with Crippen molar-refractivity contribution in [3.63, 3.8) is 0 Å². The van der Waals surface area contributed by atoms with Gasteiger partial charge >= 0.3 is 0 Å². The summed E-state index contributed by atoms with van der Waals surface area (Å²) in [6.45, 7) is 10.7. The van der Waals surface area contributed by atoms with Crippen LogP contribution in [-0.2, 0) is 4.79 Å². The van der Waals surface area contributed by atoms with Crippen molar-refractivity contribution in [3.05, 3.63) is 83.3 Å². The lowest BCUT2D eigenvalue weighted by atomic mass is 10.0. The second-order valence-electron chi connectivity index (χ2n) is 10.7. The van der Waals surface area contributed by atoms with Crippen LogP contribution in [0.3, 0.4) is 0 Å². The highest BCUT2D eigenvalue weighted by atomic mass is 35.5. The average Bonchev–Trinajstić information content (AvgIpc) is 3.02. The van der Waals surface area contributed by atoms with Crippen LogP contribution in [0.1, 0.15) is 36.6 Å². The second-order valence-corrected chi connectivity index (χ2v) is 12.7. The minimum absolute atomic E-state index is 0.00369. The van der Waals surface area contributed by atoms with Crippen LogP contribution >= 0.6 is 58.0 Å². The first kappa shape index (κ1) is 32.9. The number of piperazine rings is 1. The number of amides is 1. The zero-order valence-corrected chi connectivity index (χ0v) is 28.2. The van der Waals surface area contributed by atoms with Crippen LogP contribution in [0.15, 0.2) is 35.8 Å². The highest BCUT2D eigenvalue weighted by molar-refractivity contribution is 6.54. The monoisotopic (exact) mass is 703 g/mol. The number of halogens is 5. The molecule has 0 aliphatic carbocycles. The maximum absolute atomic E-state index is 14.5. The van der Waals surface area contributed by atoms with Gasteiger partial charge in [-0.1, -0.05) is 78.4 Å². The highest BCUT2D eigenvalue weighted by Gasteiger charge is 2.30. The van der Waals surface area contributed by atoms with Gasteiger partial charge in [-0.15, -0.1) is 0 Å². The van der Waals surface area contributed by atoms with Crippen LogP contribution in [0.2, 0.25) is 25.1 Å². The molecule has 0 saturated carbocycles. The van der Waals surface area contributed by atoms with Crippen LogP contribution < -0.4 is 16.2 Å². The van der Waals surface area contributed by atoms with E-state index in [1.807, 2.05) is 25.7 Å². The molecule has 9 nitrogen and oxygen atoms in total. The van der Waals surface area contributed by atoms with E-state index in [2.05, 4.69) is 17.6 Å². The molecular formula is C31H26Cl5N7O2. The summed E-state index contributed by atoms with van der Waals surface area (Å²) < 4.78 is 1.38. The Bertz CT molecular complexity index is 1980. The molecule has 0 radical (unpaired) electrons. The number of nitrogens with two attached hydrogens (primary N) is 1. The van der Waals surface area contributed by atoms with Gasteiger partial charge in [0.25, 0.3) is 5.56 Å². The number of fused-ring (bicyclic) bond motifs is 1. The molecule has 1 aliphatic rings. The number of aryl methyl sites for hydroxylation is 1. The zero-order chi connectivity index (χ0) is 32.9. The topological polar surface area (TPSA) is 121 Å². The van der Waals surface area contributed by atoms with Crippen molar-refractivity contribution in [2.24, 2.45) is 0 Å². The molecule has 5 rings (SSSR count). The molecule has 1 aliphatic heterocycles. The number of pyridine rings is 3. The number of nitrogens with zero attached hydrogens (tertiary/aromatic N) is 6. The summed E-state index contributed by atoms with van der Waals surface area (Å²) in [4.78, 5) is 39.8. The Labute approximate surface area is 284 Å². The van der Waals surface area contributed by atoms with E-state index >= 15 is 0 Å². The number of benzene rings is 1. The fraction of sp³-hybridized carbons (Fsp3) is 0.258. The van der Waals surface area contributed by atoms with Gasteiger partial charge in [0.2, 0.25) is 5.91 Å². The Hall–Kier alpha value is -3.52. The molecule has 0 unspecified atom stereocenters. The van der Waals surface area contributed by atoms with Gasteiger partial charge in [-0.2, -0.15) is 5.26 Å². The van der Waals surface area contributed by atoms with E-state index in [0.29, 0.717) is 48.6 Å². The van der Waals surface area contributed by atoms with E-state index in [-0.39, 0.29) is 65.1 Å². The lowest BCUT2D eigenvalue weighted by molar-refractivity contribution is -0.126. The lowest BCUT2D eigenvalue weighted by Crippen LogP contribution is -2.49. The first-order valence-electron chi connectivity index (χ1n) is 13.8. The van der Waals surface area contributed by atoms with Gasteiger partial charge in [0, 0.05) is 43.3 Å². The Morgan fingerprint density at radius 3 is 2.31 bits per heavy atom. The van der Waals surface area contributed by atoms with E-state index in [9.17, 15) is 14.9 Å². The summed E-state index contributed by atoms with van der Waals surface area (Å²) in [5, 5.41) is 10.8. The van der Waals surface area contributed by atoms with Gasteiger partial charge < -0.3 is 15.5 Å². The first-order chi connectivity index (χ1) is 21.3. The van der Waals surface area contributed by atoms with E-state index in [0.717, 1.165) is 5.56 Å². The minimum atomic E-state index is -0.602. The van der Waals surface area contributed by atoms with Crippen LogP contribution in [0.5, 0.6) is 0 Å². The number of anilines is 2. The number of rotatable bonds is 5. The normalized spacial score (nSPS) is 13.4. The highest BCUT2D eigenvalue weighted by Crippen LogP contribution is 2.49. The third-order valence-corrected chi connectivity index (χ3v) is 9.84. The quantitative estimate of drug-likeness (QED) is 0.0992. The van der Waals surface area contributed by atoms with Crippen LogP contribution in [-0.4, -0.2) is 51.5 Å². The fourth-order valence-electron chi connectivity index (χ4n) is 5.52. The predicted molar refractivity (Wildman–Crippen MR) is 183 cm³/mol. The predicted octanol–water partition coefficient (Wildman–Crippen LogP) is 7.44. The Kier molecular flexibility index (Phi) is 9.28. The van der Waals surface area contributed by atoms with E-state index in [4.69, 9.17) is 68.7 Å². The van der Waals surface area contributed by atoms with Crippen molar-refractivity contribution in [1.29, 1.82) is 5.26 Å². The Balaban J connectivity index is 1.93.